The molecule has 37 heavy (non-hydrogen) atoms. The summed E-state index contributed by atoms with van der Waals surface area (Å²) in [6.07, 6.45) is 12.1. The van der Waals surface area contributed by atoms with Gasteiger partial charge in [0, 0.05) is 17.4 Å². The van der Waals surface area contributed by atoms with Gasteiger partial charge in [-0.25, -0.2) is 0 Å². The highest BCUT2D eigenvalue weighted by molar-refractivity contribution is 7.33. The molecule has 0 unspecified atom stereocenters. The molecule has 0 saturated heterocycles. The summed E-state index contributed by atoms with van der Waals surface area (Å²) in [7, 11) is -6.55. The van der Waals surface area contributed by atoms with Gasteiger partial charge in [0.2, 0.25) is 0 Å². The average molecular weight is 610 g/mol. The number of hydrogen-bond donors (Lipinski definition) is 0. The van der Waals surface area contributed by atoms with Gasteiger partial charge in [0.05, 0.1) is 39.6 Å². The maximum absolute atomic E-state index is 10.9. The second kappa shape index (κ2) is 41.5. The van der Waals surface area contributed by atoms with Crippen molar-refractivity contribution in [3.63, 3.8) is 0 Å². The SMILES string of the molecule is CCCCO[PH](=O)OCCCC.CCCCO[PH](=O)OCCCC.CCCCO[PH](=O)OCCCC.[Al]. The van der Waals surface area contributed by atoms with Gasteiger partial charge in [0.1, 0.15) is 0 Å². The van der Waals surface area contributed by atoms with Crippen molar-refractivity contribution in [3.05, 3.63) is 0 Å². The van der Waals surface area contributed by atoms with Gasteiger partial charge in [-0.05, 0) is 38.5 Å². The molecule has 225 valence electrons. The Morgan fingerprint density at radius 3 is 0.595 bits per heavy atom. The third kappa shape index (κ3) is 47.1. The first-order valence-electron chi connectivity index (χ1n) is 13.8. The van der Waals surface area contributed by atoms with Gasteiger partial charge < -0.3 is 27.1 Å². The Bertz CT molecular complexity index is 388. The van der Waals surface area contributed by atoms with Crippen molar-refractivity contribution in [2.75, 3.05) is 39.6 Å². The lowest BCUT2D eigenvalue weighted by Gasteiger charge is -2.03. The molecule has 0 bridgehead atoms. The lowest BCUT2D eigenvalue weighted by Crippen LogP contribution is -1.90. The number of hydrogen-bond acceptors (Lipinski definition) is 9. The zero-order chi connectivity index (χ0) is 27.7. The minimum atomic E-state index is -2.18. The van der Waals surface area contributed by atoms with Crippen LogP contribution in [0.15, 0.2) is 0 Å². The van der Waals surface area contributed by atoms with E-state index in [-0.39, 0.29) is 17.4 Å². The van der Waals surface area contributed by atoms with E-state index >= 15 is 0 Å². The molecule has 0 aromatic heterocycles. The van der Waals surface area contributed by atoms with Crippen molar-refractivity contribution < 1.29 is 40.8 Å². The highest BCUT2D eigenvalue weighted by atomic mass is 31.1. The largest absolute Gasteiger partial charge is 0.319 e. The quantitative estimate of drug-likeness (QED) is 0.0604. The summed E-state index contributed by atoms with van der Waals surface area (Å²) in [6, 6.07) is 0. The summed E-state index contributed by atoms with van der Waals surface area (Å²) in [4.78, 5) is 0. The minimum Gasteiger partial charge on any atom is -0.311 e. The van der Waals surface area contributed by atoms with Crippen LogP contribution in [0.5, 0.6) is 0 Å². The van der Waals surface area contributed by atoms with Crippen LogP contribution in [0.25, 0.3) is 0 Å². The molecule has 3 radical (unpaired) electrons. The summed E-state index contributed by atoms with van der Waals surface area (Å²) < 4.78 is 62.5. The van der Waals surface area contributed by atoms with Crippen LogP contribution in [0.3, 0.4) is 0 Å². The first-order valence-corrected chi connectivity index (χ1v) is 17.5. The maximum atomic E-state index is 10.9. The minimum absolute atomic E-state index is 0. The lowest BCUT2D eigenvalue weighted by molar-refractivity contribution is 0.220. The molecular formula is C24H57AlO9P3. The van der Waals surface area contributed by atoms with Gasteiger partial charge in [-0.15, -0.1) is 0 Å². The fourth-order valence-corrected chi connectivity index (χ4v) is 4.04. The van der Waals surface area contributed by atoms with Crippen LogP contribution in [0.4, 0.5) is 0 Å². The standard InChI is InChI=1S/3C8H19O3P.Al/c3*1-3-5-7-10-12(9)11-8-6-4-2;/h3*12H,3-8H2,1-2H3;. The van der Waals surface area contributed by atoms with E-state index in [9.17, 15) is 13.7 Å². The summed E-state index contributed by atoms with van der Waals surface area (Å²) in [5.74, 6) is 0. The van der Waals surface area contributed by atoms with Crippen molar-refractivity contribution in [3.8, 4) is 0 Å². The maximum Gasteiger partial charge on any atom is 0.319 e. The van der Waals surface area contributed by atoms with E-state index in [4.69, 9.17) is 27.1 Å². The van der Waals surface area contributed by atoms with E-state index in [1.54, 1.807) is 0 Å². The van der Waals surface area contributed by atoms with Crippen molar-refractivity contribution in [2.24, 2.45) is 0 Å². The Balaban J connectivity index is -0.000000218. The first-order chi connectivity index (χ1) is 17.4. The van der Waals surface area contributed by atoms with E-state index in [0.29, 0.717) is 39.6 Å². The molecule has 0 spiro atoms. The third-order valence-corrected chi connectivity index (χ3v) is 6.95. The van der Waals surface area contributed by atoms with Crippen LogP contribution in [0.1, 0.15) is 119 Å². The third-order valence-electron chi connectivity index (χ3n) is 4.31. The second-order valence-electron chi connectivity index (χ2n) is 7.96. The van der Waals surface area contributed by atoms with Gasteiger partial charge in [-0.1, -0.05) is 80.1 Å². The molecule has 9 nitrogen and oxygen atoms in total. The van der Waals surface area contributed by atoms with Crippen molar-refractivity contribution >= 4 is 42.1 Å². The van der Waals surface area contributed by atoms with E-state index < -0.39 is 24.8 Å². The van der Waals surface area contributed by atoms with Crippen LogP contribution >= 0.6 is 24.8 Å². The Morgan fingerprint density at radius 2 is 0.486 bits per heavy atom. The first kappa shape index (κ1) is 45.0. The molecule has 0 atom stereocenters. The van der Waals surface area contributed by atoms with E-state index in [1.165, 1.54) is 0 Å². The van der Waals surface area contributed by atoms with Crippen molar-refractivity contribution in [2.45, 2.75) is 119 Å². The van der Waals surface area contributed by atoms with Crippen LogP contribution in [-0.4, -0.2) is 57.0 Å². The van der Waals surface area contributed by atoms with E-state index in [1.807, 2.05) is 0 Å². The highest BCUT2D eigenvalue weighted by Gasteiger charge is 1.99. The Kier molecular flexibility index (Phi) is 50.4. The molecule has 0 rings (SSSR count). The zero-order valence-electron chi connectivity index (χ0n) is 24.5. The van der Waals surface area contributed by atoms with Crippen LogP contribution in [0.2, 0.25) is 0 Å². The van der Waals surface area contributed by atoms with Crippen LogP contribution < -0.4 is 0 Å². The Morgan fingerprint density at radius 1 is 0.351 bits per heavy atom. The zero-order valence-corrected chi connectivity index (χ0v) is 28.6. The number of unbranched alkanes of at least 4 members (excludes halogenated alkanes) is 6. The predicted octanol–water partition coefficient (Wildman–Crippen LogP) is 8.65. The summed E-state index contributed by atoms with van der Waals surface area (Å²) in [5, 5.41) is 0. The van der Waals surface area contributed by atoms with Crippen LogP contribution in [0, 0.1) is 0 Å². The molecule has 0 aliphatic rings. The fraction of sp³-hybridized carbons (Fsp3) is 1.00. The lowest BCUT2D eigenvalue weighted by atomic mass is 10.4. The molecular weight excluding hydrogens is 552 g/mol. The van der Waals surface area contributed by atoms with Gasteiger partial charge >= 0.3 is 24.8 Å². The van der Waals surface area contributed by atoms with Gasteiger partial charge in [0.25, 0.3) is 0 Å². The normalized spacial score (nSPS) is 10.6. The van der Waals surface area contributed by atoms with Crippen molar-refractivity contribution in [1.82, 2.24) is 0 Å². The Hall–Kier alpha value is 0.982. The van der Waals surface area contributed by atoms with Gasteiger partial charge in [0.15, 0.2) is 0 Å². The monoisotopic (exact) mass is 609 g/mol. The average Bonchev–Trinajstić information content (AvgIpc) is 2.86. The van der Waals surface area contributed by atoms with E-state index in [0.717, 1.165) is 77.0 Å². The molecule has 0 aliphatic heterocycles. The van der Waals surface area contributed by atoms with E-state index in [2.05, 4.69) is 41.5 Å². The molecule has 0 fully saturated rings. The predicted molar refractivity (Wildman–Crippen MR) is 158 cm³/mol. The molecule has 0 amide bonds. The smallest absolute Gasteiger partial charge is 0.311 e. The van der Waals surface area contributed by atoms with Crippen LogP contribution in [-0.2, 0) is 40.8 Å². The summed E-state index contributed by atoms with van der Waals surface area (Å²) in [6.45, 7) is 15.7. The van der Waals surface area contributed by atoms with Gasteiger partial charge in [-0.3, -0.25) is 13.7 Å². The topological polar surface area (TPSA) is 107 Å². The van der Waals surface area contributed by atoms with Gasteiger partial charge in [-0.2, -0.15) is 0 Å². The molecule has 0 saturated carbocycles. The number of rotatable bonds is 24. The fourth-order valence-electron chi connectivity index (χ4n) is 1.92. The Labute approximate surface area is 240 Å². The molecule has 13 heteroatoms. The summed E-state index contributed by atoms with van der Waals surface area (Å²) in [5.41, 5.74) is 0. The molecule has 0 heterocycles. The summed E-state index contributed by atoms with van der Waals surface area (Å²) >= 11 is 0. The second-order valence-corrected chi connectivity index (χ2v) is 11.2. The molecule has 0 aromatic rings. The highest BCUT2D eigenvalue weighted by Crippen LogP contribution is 2.25. The molecule has 0 aliphatic carbocycles. The molecule has 0 N–H and O–H groups in total. The molecule has 0 aromatic carbocycles. The van der Waals surface area contributed by atoms with Crippen molar-refractivity contribution in [1.29, 1.82) is 0 Å².